The summed E-state index contributed by atoms with van der Waals surface area (Å²) in [6.07, 6.45) is 18.4. The van der Waals surface area contributed by atoms with Gasteiger partial charge in [0.1, 0.15) is 61.9 Å². The van der Waals surface area contributed by atoms with Crippen LogP contribution in [-0.2, 0) is 36.8 Å². The number of ether oxygens (including phenoxy) is 1. The highest BCUT2D eigenvalue weighted by Crippen LogP contribution is 2.34. The maximum Gasteiger partial charge on any atom is 0.392 e. The number of fused-ring (bicyclic) bond motifs is 5. The zero-order valence-electron chi connectivity index (χ0n) is 67.8. The average Bonchev–Trinajstić information content (AvgIpc) is 1.68. The topological polar surface area (TPSA) is 340 Å². The number of aromatic amines is 5. The summed E-state index contributed by atoms with van der Waals surface area (Å²) < 4.78 is 67.6. The summed E-state index contributed by atoms with van der Waals surface area (Å²) in [5.74, 6) is 2.28. The second kappa shape index (κ2) is 36.8. The summed E-state index contributed by atoms with van der Waals surface area (Å²) in [7, 11) is 8.31. The number of alkyl halides is 3. The van der Waals surface area contributed by atoms with Gasteiger partial charge in [0.25, 0.3) is 27.8 Å². The molecule has 5 N–H and O–H groups in total. The Kier molecular flexibility index (Phi) is 25.5. The van der Waals surface area contributed by atoms with Gasteiger partial charge in [-0.3, -0.25) is 24.0 Å². The van der Waals surface area contributed by atoms with E-state index >= 15 is 0 Å². The molecule has 15 heterocycles. The molecule has 13 aromatic rings. The van der Waals surface area contributed by atoms with Crippen molar-refractivity contribution >= 4 is 55.2 Å². The Morgan fingerprint density at radius 1 is 0.437 bits per heavy atom. The van der Waals surface area contributed by atoms with Gasteiger partial charge in [-0.1, -0.05) is 118 Å². The highest BCUT2D eigenvalue weighted by Gasteiger charge is 2.39. The SMILES string of the molecule is C=C1CC(n2ncc3c(=O)[nH]c(CC4CCCC4)nc32)CCO1.CCC(Cc1nc2c(cnn2C2CCN(C)C2)c(=O)[nH]1)C(F)(F)F.CN1CCC(n2ncc3c(=O)[nH]c(Cc4ccccc4)nc32)C1.CN1CCCC(n2ncc3c(=O)[nH]c(Cc4ccccc4)nc32)C1.CN1CCCC(n2ncc3c(=O)[nH]c(Cc4ccccc4F)nc32)C1. The van der Waals surface area contributed by atoms with Gasteiger partial charge in [0.15, 0.2) is 28.2 Å². The molecule has 5 saturated heterocycles. The molecule has 30 nitrogen and oxygen atoms in total. The first-order valence-corrected chi connectivity index (χ1v) is 41.3. The average molecular weight is 1630 g/mol. The third-order valence-electron chi connectivity index (χ3n) is 23.5. The summed E-state index contributed by atoms with van der Waals surface area (Å²) in [5.41, 5.74) is 4.82. The molecule has 6 aliphatic rings. The number of rotatable bonds is 16. The highest BCUT2D eigenvalue weighted by atomic mass is 19.4. The van der Waals surface area contributed by atoms with Crippen molar-refractivity contribution in [1.82, 2.24) is 118 Å². The standard InChI is InChI=1S/C18H20FN5O.C18H21N5O.C17H19N5O.C17H22N4O2.C15H20F3N5O/c1-23-8-4-6-13(11-23)24-17-14(10-20-24)18(25)22-16(21-17)9-12-5-2-3-7-15(12)19;1-22-9-5-8-14(12-22)23-17-15(11-19-23)18(24)21-16(20-17)10-13-6-3-2-4-7-13;1-21-8-7-13(11-21)22-16-14(10-18-22)17(23)20-15(19-16)9-12-5-3-2-4-6-12;1-11-8-13(6-7-23-11)21-16-14(10-18-21)17(22)20-15(19-16)9-12-4-2-3-5-12;1-3-9(15(16,17)18)6-12-20-13-11(14(24)21-12)7-19-23(13)10-4-5-22(2)8-10/h2-3,5,7,10,13H,4,6,8-9,11H2,1H3,(H,21,22,25);2-4,6-7,11,14H,5,8-10,12H2,1H3,(H,20,21,24);2-6,10,13H,7-9,11H2,1H3,(H,19,20,23);10,12-13H,1-9H2,(H,19,20,22);7,9-10H,3-6,8H2,1-2H3,(H,20,21,24). The zero-order chi connectivity index (χ0) is 83.0. The predicted octanol–water partition coefficient (Wildman–Crippen LogP) is 10.5. The fraction of sp³-hybridized carbons (Fsp3) is 0.471. The fourth-order valence-corrected chi connectivity index (χ4v) is 17.2. The van der Waals surface area contributed by atoms with Crippen molar-refractivity contribution < 1.29 is 22.3 Å². The summed E-state index contributed by atoms with van der Waals surface area (Å²) in [6, 6.07) is 27.6. The minimum atomic E-state index is -4.31. The minimum absolute atomic E-state index is 0.0576. The van der Waals surface area contributed by atoms with E-state index in [2.05, 4.69) is 113 Å². The molecule has 119 heavy (non-hydrogen) atoms. The smallest absolute Gasteiger partial charge is 0.392 e. The molecule has 0 amide bonds. The Morgan fingerprint density at radius 2 is 0.798 bits per heavy atom. The Balaban J connectivity index is 0.000000116. The van der Waals surface area contributed by atoms with E-state index in [-0.39, 0.29) is 83.4 Å². The van der Waals surface area contributed by atoms with Gasteiger partial charge in [-0.2, -0.15) is 38.7 Å². The summed E-state index contributed by atoms with van der Waals surface area (Å²) in [4.78, 5) is 108. The molecule has 34 heteroatoms. The molecular weight excluding hydrogens is 1530 g/mol. The Hall–Kier alpha value is -11.5. The van der Waals surface area contributed by atoms with E-state index in [0.717, 1.165) is 133 Å². The van der Waals surface area contributed by atoms with Crippen LogP contribution < -0.4 is 27.8 Å². The second-order valence-corrected chi connectivity index (χ2v) is 32.6. The van der Waals surface area contributed by atoms with Crippen molar-refractivity contribution in [2.75, 3.05) is 87.2 Å². The van der Waals surface area contributed by atoms with E-state index in [1.54, 1.807) is 47.7 Å². The molecule has 19 rings (SSSR count). The van der Waals surface area contributed by atoms with Crippen molar-refractivity contribution in [1.29, 1.82) is 0 Å². The third-order valence-corrected chi connectivity index (χ3v) is 23.5. The van der Waals surface area contributed by atoms with Crippen LogP contribution in [0.3, 0.4) is 0 Å². The second-order valence-electron chi connectivity index (χ2n) is 32.6. The molecule has 626 valence electrons. The van der Waals surface area contributed by atoms with E-state index in [0.29, 0.717) is 104 Å². The van der Waals surface area contributed by atoms with Crippen molar-refractivity contribution in [3.05, 3.63) is 232 Å². The van der Waals surface area contributed by atoms with Gasteiger partial charge in [0, 0.05) is 84.2 Å². The predicted molar refractivity (Wildman–Crippen MR) is 445 cm³/mol. The molecule has 1 saturated carbocycles. The molecule has 0 spiro atoms. The van der Waals surface area contributed by atoms with Gasteiger partial charge in [-0.25, -0.2) is 52.7 Å². The number of hydrogen-bond donors (Lipinski definition) is 5. The van der Waals surface area contributed by atoms with Gasteiger partial charge < -0.3 is 49.3 Å². The van der Waals surface area contributed by atoms with Crippen molar-refractivity contribution in [2.45, 2.75) is 159 Å². The number of H-pyrrole nitrogens is 5. The molecule has 10 aromatic heterocycles. The number of nitrogens with zero attached hydrogens (tertiary/aromatic N) is 19. The Labute approximate surface area is 682 Å². The van der Waals surface area contributed by atoms with Gasteiger partial charge in [0.05, 0.1) is 79.5 Å². The number of allylic oxidation sites excluding steroid dienone is 1. The lowest BCUT2D eigenvalue weighted by Gasteiger charge is -2.29. The molecule has 1 aliphatic carbocycles. The van der Waals surface area contributed by atoms with Crippen molar-refractivity contribution in [3.8, 4) is 0 Å². The fourth-order valence-electron chi connectivity index (χ4n) is 17.2. The van der Waals surface area contributed by atoms with Gasteiger partial charge in [-0.05, 0) is 115 Å². The van der Waals surface area contributed by atoms with E-state index in [1.165, 1.54) is 44.9 Å². The zero-order valence-corrected chi connectivity index (χ0v) is 67.8. The maximum atomic E-state index is 13.9. The summed E-state index contributed by atoms with van der Waals surface area (Å²) in [5, 5.41) is 24.5. The first kappa shape index (κ1) is 82.6. The van der Waals surface area contributed by atoms with E-state index in [9.17, 15) is 41.5 Å². The molecule has 6 fully saturated rings. The number of halogens is 4. The lowest BCUT2D eigenvalue weighted by atomic mass is 10.0. The molecule has 3 aromatic carbocycles. The highest BCUT2D eigenvalue weighted by molar-refractivity contribution is 5.76. The van der Waals surface area contributed by atoms with Gasteiger partial charge >= 0.3 is 6.18 Å². The summed E-state index contributed by atoms with van der Waals surface area (Å²) in [6.45, 7) is 13.7. The first-order valence-electron chi connectivity index (χ1n) is 41.3. The molecular formula is C85H102F4N24O6. The van der Waals surface area contributed by atoms with Crippen molar-refractivity contribution in [2.24, 2.45) is 11.8 Å². The number of hydrogen-bond acceptors (Lipinski definition) is 20. The molecule has 6 unspecified atom stereocenters. The van der Waals surface area contributed by atoms with Crippen LogP contribution in [0, 0.1) is 17.7 Å². The number of likely N-dealkylation sites (tertiary alicyclic amines) is 4. The lowest BCUT2D eigenvalue weighted by molar-refractivity contribution is -0.175. The normalized spacial score (nSPS) is 19.9. The summed E-state index contributed by atoms with van der Waals surface area (Å²) >= 11 is 0. The van der Waals surface area contributed by atoms with Crippen LogP contribution in [0.5, 0.6) is 0 Å². The van der Waals surface area contributed by atoms with Crippen LogP contribution in [0.25, 0.3) is 55.2 Å². The van der Waals surface area contributed by atoms with Crippen LogP contribution >= 0.6 is 0 Å². The van der Waals surface area contributed by atoms with Crippen LogP contribution in [0.1, 0.15) is 166 Å². The molecule has 6 atom stereocenters. The van der Waals surface area contributed by atoms with E-state index < -0.39 is 17.7 Å². The largest absolute Gasteiger partial charge is 0.498 e. The number of likely N-dealkylation sites (N-methyl/N-ethyl adjacent to an activating group) is 4. The van der Waals surface area contributed by atoms with Crippen LogP contribution in [0.4, 0.5) is 17.6 Å². The quantitative estimate of drug-likeness (QED) is 0.0561. The third kappa shape index (κ3) is 19.6. The number of benzene rings is 3. The van der Waals surface area contributed by atoms with Gasteiger partial charge in [-0.15, -0.1) is 0 Å². The molecule has 5 aliphatic heterocycles. The van der Waals surface area contributed by atoms with Crippen LogP contribution in [0.15, 0.2) is 152 Å². The van der Waals surface area contributed by atoms with Crippen molar-refractivity contribution in [3.63, 3.8) is 0 Å². The van der Waals surface area contributed by atoms with E-state index in [1.807, 2.05) is 86.4 Å². The number of piperidine rings is 2. The minimum Gasteiger partial charge on any atom is -0.498 e. The van der Waals surface area contributed by atoms with Crippen LogP contribution in [-0.4, -0.2) is 212 Å². The van der Waals surface area contributed by atoms with Gasteiger partial charge in [0.2, 0.25) is 0 Å². The first-order chi connectivity index (χ1) is 57.5. The van der Waals surface area contributed by atoms with Crippen LogP contribution in [0.2, 0.25) is 0 Å². The Bertz CT molecular complexity index is 6000. The van der Waals surface area contributed by atoms with E-state index in [4.69, 9.17) is 14.7 Å². The lowest BCUT2D eigenvalue weighted by Crippen LogP contribution is -2.34. The molecule has 0 bridgehead atoms. The molecule has 0 radical (unpaired) electrons. The Morgan fingerprint density at radius 3 is 1.19 bits per heavy atom. The number of nitrogens with one attached hydrogen (secondary N) is 5. The monoisotopic (exact) mass is 1630 g/mol. The maximum absolute atomic E-state index is 13.9. The number of aromatic nitrogens is 20.